The minimum absolute atomic E-state index is 0.0436. The van der Waals surface area contributed by atoms with Gasteiger partial charge in [0.15, 0.2) is 0 Å². The molecule has 1 aromatic carbocycles. The van der Waals surface area contributed by atoms with Crippen molar-refractivity contribution >= 4 is 5.91 Å². The molecule has 110 valence electrons. The number of hydrogen-bond acceptors (Lipinski definition) is 3. The molecule has 0 heterocycles. The Morgan fingerprint density at radius 2 is 2.25 bits per heavy atom. The molecule has 1 unspecified atom stereocenters. The Bertz CT molecular complexity index is 458. The van der Waals surface area contributed by atoms with Crippen LogP contribution in [-0.2, 0) is 11.3 Å². The molecule has 1 aromatic rings. The SMILES string of the molecule is CCCC(N)CC(=O)N(Cc1cccc(O)c1)C1CC1. The van der Waals surface area contributed by atoms with Crippen molar-refractivity contribution in [1.29, 1.82) is 0 Å². The lowest BCUT2D eigenvalue weighted by Crippen LogP contribution is -2.36. The van der Waals surface area contributed by atoms with Crippen molar-refractivity contribution in [3.8, 4) is 5.75 Å². The second-order valence-electron chi connectivity index (χ2n) is 5.68. The first-order chi connectivity index (χ1) is 9.60. The van der Waals surface area contributed by atoms with E-state index in [1.165, 1.54) is 0 Å². The smallest absolute Gasteiger partial charge is 0.224 e. The van der Waals surface area contributed by atoms with E-state index in [2.05, 4.69) is 6.92 Å². The third kappa shape index (κ3) is 4.23. The van der Waals surface area contributed by atoms with Gasteiger partial charge in [0.05, 0.1) is 0 Å². The van der Waals surface area contributed by atoms with Gasteiger partial charge in [-0.25, -0.2) is 0 Å². The zero-order valence-corrected chi connectivity index (χ0v) is 12.1. The Morgan fingerprint density at radius 3 is 2.85 bits per heavy atom. The fraction of sp³-hybridized carbons (Fsp3) is 0.562. The van der Waals surface area contributed by atoms with Crippen molar-refractivity contribution in [2.45, 2.75) is 57.7 Å². The summed E-state index contributed by atoms with van der Waals surface area (Å²) >= 11 is 0. The third-order valence-corrected chi connectivity index (χ3v) is 3.67. The predicted octanol–water partition coefficient (Wildman–Crippen LogP) is 2.40. The van der Waals surface area contributed by atoms with Gasteiger partial charge in [-0.15, -0.1) is 0 Å². The molecule has 1 aliphatic rings. The van der Waals surface area contributed by atoms with Crippen molar-refractivity contribution in [2.75, 3.05) is 0 Å². The molecule has 1 saturated carbocycles. The summed E-state index contributed by atoms with van der Waals surface area (Å²) < 4.78 is 0. The third-order valence-electron chi connectivity index (χ3n) is 3.67. The van der Waals surface area contributed by atoms with E-state index >= 15 is 0 Å². The number of phenolic OH excluding ortho intramolecular Hbond substituents is 1. The van der Waals surface area contributed by atoms with Crippen LogP contribution in [0.25, 0.3) is 0 Å². The zero-order chi connectivity index (χ0) is 14.5. The second kappa shape index (κ2) is 6.75. The molecule has 0 saturated heterocycles. The molecule has 0 spiro atoms. The van der Waals surface area contributed by atoms with Crippen LogP contribution in [0.2, 0.25) is 0 Å². The van der Waals surface area contributed by atoms with Gasteiger partial charge < -0.3 is 15.7 Å². The van der Waals surface area contributed by atoms with Crippen LogP contribution in [0.15, 0.2) is 24.3 Å². The molecule has 1 atom stereocenters. The Kier molecular flexibility index (Phi) is 5.01. The summed E-state index contributed by atoms with van der Waals surface area (Å²) in [6.07, 6.45) is 4.46. The summed E-state index contributed by atoms with van der Waals surface area (Å²) in [5.41, 5.74) is 6.94. The summed E-state index contributed by atoms with van der Waals surface area (Å²) in [5.74, 6) is 0.380. The van der Waals surface area contributed by atoms with Gasteiger partial charge in [0.2, 0.25) is 5.91 Å². The maximum atomic E-state index is 12.4. The summed E-state index contributed by atoms with van der Waals surface area (Å²) in [7, 11) is 0. The van der Waals surface area contributed by atoms with Gasteiger partial charge in [0.1, 0.15) is 5.75 Å². The quantitative estimate of drug-likeness (QED) is 0.803. The van der Waals surface area contributed by atoms with Crippen molar-refractivity contribution in [1.82, 2.24) is 4.90 Å². The average molecular weight is 276 g/mol. The van der Waals surface area contributed by atoms with Gasteiger partial charge >= 0.3 is 0 Å². The molecular weight excluding hydrogens is 252 g/mol. The number of aromatic hydroxyl groups is 1. The second-order valence-corrected chi connectivity index (χ2v) is 5.68. The zero-order valence-electron chi connectivity index (χ0n) is 12.1. The van der Waals surface area contributed by atoms with Crippen LogP contribution in [-0.4, -0.2) is 28.0 Å². The van der Waals surface area contributed by atoms with Crippen LogP contribution in [0.3, 0.4) is 0 Å². The summed E-state index contributed by atoms with van der Waals surface area (Å²) in [6, 6.07) is 7.42. The highest BCUT2D eigenvalue weighted by atomic mass is 16.3. The Labute approximate surface area is 120 Å². The molecule has 1 aliphatic carbocycles. The van der Waals surface area contributed by atoms with E-state index in [1.54, 1.807) is 12.1 Å². The van der Waals surface area contributed by atoms with Crippen LogP contribution >= 0.6 is 0 Å². The van der Waals surface area contributed by atoms with E-state index in [9.17, 15) is 9.90 Å². The predicted molar refractivity (Wildman–Crippen MR) is 79.2 cm³/mol. The molecule has 0 radical (unpaired) electrons. The van der Waals surface area contributed by atoms with Crippen LogP contribution in [0.5, 0.6) is 5.75 Å². The number of carbonyl (C=O) groups excluding carboxylic acids is 1. The van der Waals surface area contributed by atoms with Crippen LogP contribution in [0, 0.1) is 0 Å². The Balaban J connectivity index is 1.98. The fourth-order valence-electron chi connectivity index (χ4n) is 2.47. The van der Waals surface area contributed by atoms with Crippen molar-refractivity contribution < 1.29 is 9.90 Å². The van der Waals surface area contributed by atoms with Gasteiger partial charge in [0.25, 0.3) is 0 Å². The van der Waals surface area contributed by atoms with Gasteiger partial charge in [-0.1, -0.05) is 25.5 Å². The monoisotopic (exact) mass is 276 g/mol. The van der Waals surface area contributed by atoms with Crippen molar-refractivity contribution in [2.24, 2.45) is 5.73 Å². The topological polar surface area (TPSA) is 66.6 Å². The number of hydrogen-bond donors (Lipinski definition) is 2. The Morgan fingerprint density at radius 1 is 1.50 bits per heavy atom. The summed E-state index contributed by atoms with van der Waals surface area (Å²) in [6.45, 7) is 2.65. The van der Waals surface area contributed by atoms with E-state index in [-0.39, 0.29) is 17.7 Å². The van der Waals surface area contributed by atoms with Gasteiger partial charge in [-0.3, -0.25) is 4.79 Å². The molecule has 20 heavy (non-hydrogen) atoms. The number of amides is 1. The van der Waals surface area contributed by atoms with Crippen molar-refractivity contribution in [3.05, 3.63) is 29.8 Å². The number of nitrogens with two attached hydrogens (primary N) is 1. The Hall–Kier alpha value is -1.55. The maximum Gasteiger partial charge on any atom is 0.224 e. The molecule has 3 N–H and O–H groups in total. The lowest BCUT2D eigenvalue weighted by Gasteiger charge is -2.24. The van der Waals surface area contributed by atoms with E-state index in [0.29, 0.717) is 19.0 Å². The van der Waals surface area contributed by atoms with E-state index in [0.717, 1.165) is 31.2 Å². The first-order valence-corrected chi connectivity index (χ1v) is 7.43. The van der Waals surface area contributed by atoms with Gasteiger partial charge in [-0.05, 0) is 37.0 Å². The van der Waals surface area contributed by atoms with E-state index in [1.807, 2.05) is 17.0 Å². The largest absolute Gasteiger partial charge is 0.508 e. The van der Waals surface area contributed by atoms with Crippen LogP contribution < -0.4 is 5.73 Å². The molecule has 0 aliphatic heterocycles. The van der Waals surface area contributed by atoms with Gasteiger partial charge in [0, 0.05) is 25.0 Å². The standard InChI is InChI=1S/C16H24N2O2/c1-2-4-13(17)10-16(20)18(14-7-8-14)11-12-5-3-6-15(19)9-12/h3,5-6,9,13-14,19H,2,4,7-8,10-11,17H2,1H3. The molecule has 1 fully saturated rings. The minimum Gasteiger partial charge on any atom is -0.508 e. The highest BCUT2D eigenvalue weighted by Gasteiger charge is 2.32. The molecule has 0 bridgehead atoms. The number of nitrogens with zero attached hydrogens (tertiary/aromatic N) is 1. The van der Waals surface area contributed by atoms with E-state index in [4.69, 9.17) is 5.73 Å². The molecule has 4 nitrogen and oxygen atoms in total. The van der Waals surface area contributed by atoms with Crippen LogP contribution in [0.1, 0.15) is 44.6 Å². The van der Waals surface area contributed by atoms with Crippen LogP contribution in [0.4, 0.5) is 0 Å². The number of rotatable bonds is 7. The van der Waals surface area contributed by atoms with E-state index < -0.39 is 0 Å². The summed E-state index contributed by atoms with van der Waals surface area (Å²) in [5, 5.41) is 9.51. The number of phenols is 1. The lowest BCUT2D eigenvalue weighted by molar-refractivity contribution is -0.132. The van der Waals surface area contributed by atoms with Crippen molar-refractivity contribution in [3.63, 3.8) is 0 Å². The minimum atomic E-state index is -0.0436. The average Bonchev–Trinajstić information content (AvgIpc) is 3.20. The highest BCUT2D eigenvalue weighted by molar-refractivity contribution is 5.77. The first-order valence-electron chi connectivity index (χ1n) is 7.43. The number of carbonyl (C=O) groups is 1. The normalized spacial score (nSPS) is 15.9. The van der Waals surface area contributed by atoms with Gasteiger partial charge in [-0.2, -0.15) is 0 Å². The first kappa shape index (κ1) is 14.9. The molecular formula is C16H24N2O2. The molecule has 2 rings (SSSR count). The maximum absolute atomic E-state index is 12.4. The fourth-order valence-corrected chi connectivity index (χ4v) is 2.47. The highest BCUT2D eigenvalue weighted by Crippen LogP contribution is 2.29. The lowest BCUT2D eigenvalue weighted by atomic mass is 10.1. The molecule has 4 heteroatoms. The number of benzene rings is 1. The molecule has 1 amide bonds. The summed E-state index contributed by atoms with van der Waals surface area (Å²) in [4.78, 5) is 14.3. The molecule has 0 aromatic heterocycles.